The SMILES string of the molecule is COc1ccc2cc([C@H]3CN(Cc4ccc(O)c(OC)c4)CCO3)ccc2c1. The van der Waals surface area contributed by atoms with E-state index in [4.69, 9.17) is 14.2 Å². The second kappa shape index (κ2) is 8.09. The molecule has 0 amide bonds. The summed E-state index contributed by atoms with van der Waals surface area (Å²) < 4.78 is 16.6. The maximum Gasteiger partial charge on any atom is 0.160 e. The Labute approximate surface area is 165 Å². The third-order valence-electron chi connectivity index (χ3n) is 5.24. The van der Waals surface area contributed by atoms with Crippen molar-refractivity contribution >= 4 is 10.8 Å². The lowest BCUT2D eigenvalue weighted by Gasteiger charge is -2.33. The van der Waals surface area contributed by atoms with Crippen LogP contribution in [-0.4, -0.2) is 43.9 Å². The van der Waals surface area contributed by atoms with Crippen molar-refractivity contribution in [2.45, 2.75) is 12.6 Å². The minimum absolute atomic E-state index is 0.0410. The van der Waals surface area contributed by atoms with Crippen molar-refractivity contribution in [2.24, 2.45) is 0 Å². The van der Waals surface area contributed by atoms with Crippen molar-refractivity contribution in [1.82, 2.24) is 4.90 Å². The average molecular weight is 379 g/mol. The van der Waals surface area contributed by atoms with E-state index in [1.807, 2.05) is 24.3 Å². The van der Waals surface area contributed by atoms with Crippen LogP contribution in [0.4, 0.5) is 0 Å². The highest BCUT2D eigenvalue weighted by Gasteiger charge is 2.22. The van der Waals surface area contributed by atoms with Gasteiger partial charge in [0.05, 0.1) is 26.9 Å². The normalized spacial score (nSPS) is 17.6. The maximum absolute atomic E-state index is 9.78. The molecule has 4 rings (SSSR count). The Morgan fingerprint density at radius 1 is 1.00 bits per heavy atom. The molecule has 1 N–H and O–H groups in total. The van der Waals surface area contributed by atoms with Crippen molar-refractivity contribution in [2.75, 3.05) is 33.9 Å². The van der Waals surface area contributed by atoms with Crippen molar-refractivity contribution in [1.29, 1.82) is 0 Å². The van der Waals surface area contributed by atoms with Gasteiger partial charge in [0.15, 0.2) is 11.5 Å². The van der Waals surface area contributed by atoms with Gasteiger partial charge in [0.25, 0.3) is 0 Å². The lowest BCUT2D eigenvalue weighted by atomic mass is 10.0. The molecule has 1 heterocycles. The van der Waals surface area contributed by atoms with Crippen LogP contribution in [0.25, 0.3) is 10.8 Å². The van der Waals surface area contributed by atoms with Crippen LogP contribution in [0.3, 0.4) is 0 Å². The van der Waals surface area contributed by atoms with Crippen LogP contribution < -0.4 is 9.47 Å². The van der Waals surface area contributed by atoms with Gasteiger partial charge in [0.2, 0.25) is 0 Å². The molecular weight excluding hydrogens is 354 g/mol. The maximum atomic E-state index is 9.78. The van der Waals surface area contributed by atoms with E-state index in [1.165, 1.54) is 10.9 Å². The fourth-order valence-corrected chi connectivity index (χ4v) is 3.70. The van der Waals surface area contributed by atoms with Crippen LogP contribution in [0.15, 0.2) is 54.6 Å². The molecule has 3 aromatic carbocycles. The molecule has 0 bridgehead atoms. The van der Waals surface area contributed by atoms with E-state index in [2.05, 4.69) is 29.2 Å². The first-order valence-corrected chi connectivity index (χ1v) is 9.44. The smallest absolute Gasteiger partial charge is 0.160 e. The van der Waals surface area contributed by atoms with Crippen LogP contribution >= 0.6 is 0 Å². The summed E-state index contributed by atoms with van der Waals surface area (Å²) in [7, 11) is 3.25. The van der Waals surface area contributed by atoms with E-state index in [-0.39, 0.29) is 11.9 Å². The predicted molar refractivity (Wildman–Crippen MR) is 109 cm³/mol. The third-order valence-corrected chi connectivity index (χ3v) is 5.24. The van der Waals surface area contributed by atoms with Gasteiger partial charge in [-0.05, 0) is 52.2 Å². The van der Waals surface area contributed by atoms with E-state index in [9.17, 15) is 5.11 Å². The summed E-state index contributed by atoms with van der Waals surface area (Å²) in [5.74, 6) is 1.54. The molecule has 0 spiro atoms. The summed E-state index contributed by atoms with van der Waals surface area (Å²) in [6.07, 6.45) is 0.0410. The van der Waals surface area contributed by atoms with Gasteiger partial charge in [0.1, 0.15) is 5.75 Å². The Morgan fingerprint density at radius 3 is 2.64 bits per heavy atom. The minimum Gasteiger partial charge on any atom is -0.504 e. The van der Waals surface area contributed by atoms with Crippen LogP contribution in [0.2, 0.25) is 0 Å². The quantitative estimate of drug-likeness (QED) is 0.722. The second-order valence-corrected chi connectivity index (χ2v) is 7.07. The standard InChI is InChI=1S/C23H25NO4/c1-26-20-7-6-17-12-19(5-4-18(17)13-20)23-15-24(9-10-28-23)14-16-3-8-21(25)22(11-16)27-2/h3-8,11-13,23,25H,9-10,14-15H2,1-2H3/t23-/m1/s1. The van der Waals surface area contributed by atoms with E-state index in [0.717, 1.165) is 36.3 Å². The third kappa shape index (κ3) is 3.91. The number of aromatic hydroxyl groups is 1. The van der Waals surface area contributed by atoms with Gasteiger partial charge in [-0.1, -0.05) is 24.3 Å². The molecule has 146 valence electrons. The van der Waals surface area contributed by atoms with Gasteiger partial charge in [0, 0.05) is 19.6 Å². The zero-order chi connectivity index (χ0) is 19.5. The van der Waals surface area contributed by atoms with Gasteiger partial charge < -0.3 is 19.3 Å². The fourth-order valence-electron chi connectivity index (χ4n) is 3.70. The lowest BCUT2D eigenvalue weighted by molar-refractivity contribution is -0.0328. The molecule has 28 heavy (non-hydrogen) atoms. The van der Waals surface area contributed by atoms with E-state index >= 15 is 0 Å². The molecule has 0 radical (unpaired) electrons. The topological polar surface area (TPSA) is 51.2 Å². The summed E-state index contributed by atoms with van der Waals surface area (Å²) in [6.45, 7) is 3.19. The number of nitrogens with zero attached hydrogens (tertiary/aromatic N) is 1. The monoisotopic (exact) mass is 379 g/mol. The van der Waals surface area contributed by atoms with Gasteiger partial charge >= 0.3 is 0 Å². The average Bonchev–Trinajstić information content (AvgIpc) is 2.74. The zero-order valence-electron chi connectivity index (χ0n) is 16.2. The lowest BCUT2D eigenvalue weighted by Crippen LogP contribution is -2.37. The van der Waals surface area contributed by atoms with Crippen molar-refractivity contribution in [3.63, 3.8) is 0 Å². The molecule has 1 saturated heterocycles. The minimum atomic E-state index is 0.0410. The number of morpholine rings is 1. The molecule has 0 unspecified atom stereocenters. The number of methoxy groups -OCH3 is 2. The first-order chi connectivity index (χ1) is 13.7. The Bertz CT molecular complexity index is 972. The molecule has 1 aliphatic heterocycles. The first kappa shape index (κ1) is 18.6. The number of phenolic OH excluding ortho intramolecular Hbond substituents is 1. The number of benzene rings is 3. The summed E-state index contributed by atoms with van der Waals surface area (Å²) >= 11 is 0. The number of rotatable bonds is 5. The van der Waals surface area contributed by atoms with Crippen LogP contribution in [-0.2, 0) is 11.3 Å². The van der Waals surface area contributed by atoms with Crippen molar-refractivity contribution in [3.8, 4) is 17.2 Å². The Balaban J connectivity index is 1.49. The molecule has 1 atom stereocenters. The summed E-state index contributed by atoms with van der Waals surface area (Å²) in [5, 5.41) is 12.1. The molecular formula is C23H25NO4. The molecule has 5 heteroatoms. The van der Waals surface area contributed by atoms with Crippen molar-refractivity contribution in [3.05, 3.63) is 65.7 Å². The summed E-state index contributed by atoms with van der Waals surface area (Å²) in [6, 6.07) is 18.1. The highest BCUT2D eigenvalue weighted by atomic mass is 16.5. The second-order valence-electron chi connectivity index (χ2n) is 7.07. The first-order valence-electron chi connectivity index (χ1n) is 9.44. The van der Waals surface area contributed by atoms with E-state index in [0.29, 0.717) is 12.4 Å². The molecule has 0 saturated carbocycles. The number of ether oxygens (including phenoxy) is 3. The Morgan fingerprint density at radius 2 is 1.82 bits per heavy atom. The number of phenols is 1. The Kier molecular flexibility index (Phi) is 5.37. The van der Waals surface area contributed by atoms with Gasteiger partial charge in [-0.25, -0.2) is 0 Å². The number of hydrogen-bond acceptors (Lipinski definition) is 5. The van der Waals surface area contributed by atoms with Crippen molar-refractivity contribution < 1.29 is 19.3 Å². The molecule has 3 aromatic rings. The van der Waals surface area contributed by atoms with Gasteiger partial charge in [-0.15, -0.1) is 0 Å². The van der Waals surface area contributed by atoms with Crippen LogP contribution in [0.5, 0.6) is 17.2 Å². The fraction of sp³-hybridized carbons (Fsp3) is 0.304. The molecule has 5 nitrogen and oxygen atoms in total. The van der Waals surface area contributed by atoms with E-state index < -0.39 is 0 Å². The summed E-state index contributed by atoms with van der Waals surface area (Å²) in [4.78, 5) is 2.37. The molecule has 1 aliphatic rings. The molecule has 0 aromatic heterocycles. The Hall–Kier alpha value is -2.76. The molecule has 0 aliphatic carbocycles. The highest BCUT2D eigenvalue weighted by Crippen LogP contribution is 2.30. The van der Waals surface area contributed by atoms with Gasteiger partial charge in [-0.2, -0.15) is 0 Å². The van der Waals surface area contributed by atoms with E-state index in [1.54, 1.807) is 20.3 Å². The summed E-state index contributed by atoms with van der Waals surface area (Å²) in [5.41, 5.74) is 2.30. The highest BCUT2D eigenvalue weighted by molar-refractivity contribution is 5.84. The van der Waals surface area contributed by atoms with Gasteiger partial charge in [-0.3, -0.25) is 4.90 Å². The largest absolute Gasteiger partial charge is 0.504 e. The number of fused-ring (bicyclic) bond motifs is 1. The van der Waals surface area contributed by atoms with Crippen LogP contribution in [0, 0.1) is 0 Å². The van der Waals surface area contributed by atoms with Crippen LogP contribution in [0.1, 0.15) is 17.2 Å². The zero-order valence-corrected chi connectivity index (χ0v) is 16.2. The number of hydrogen-bond donors (Lipinski definition) is 1. The molecule has 1 fully saturated rings. The predicted octanol–water partition coefficient (Wildman–Crippen LogP) is 4.14.